The molecule has 1 aromatic heterocycles. The first-order valence-electron chi connectivity index (χ1n) is 7.51. The number of benzene rings is 2. The summed E-state index contributed by atoms with van der Waals surface area (Å²) in [6.45, 7) is 0.330. The first-order chi connectivity index (χ1) is 12.0. The van der Waals surface area contributed by atoms with Gasteiger partial charge in [0.2, 0.25) is 5.95 Å². The first-order valence-corrected chi connectivity index (χ1v) is 7.51. The predicted octanol–water partition coefficient (Wildman–Crippen LogP) is 2.00. The Bertz CT molecular complexity index is 987. The summed E-state index contributed by atoms with van der Waals surface area (Å²) >= 11 is 0. The standard InChI is InChI=1S/C17H18FN5O2/c1-24-11-7-6-10(14(8-11)25-2)9-21-17-22-15-12(16(19)23(17)20)4-3-5-13(15)18/h3-8,19H,9,20H2,1-2H3,(H,21,22). The van der Waals surface area contributed by atoms with Crippen molar-refractivity contribution in [3.05, 3.63) is 53.3 Å². The zero-order valence-electron chi connectivity index (χ0n) is 13.8. The average molecular weight is 343 g/mol. The molecule has 0 spiro atoms. The maximum Gasteiger partial charge on any atom is 0.224 e. The van der Waals surface area contributed by atoms with Crippen molar-refractivity contribution in [3.63, 3.8) is 0 Å². The molecule has 8 heteroatoms. The Morgan fingerprint density at radius 2 is 2.04 bits per heavy atom. The van der Waals surface area contributed by atoms with E-state index < -0.39 is 5.82 Å². The molecule has 0 atom stereocenters. The van der Waals surface area contributed by atoms with Gasteiger partial charge >= 0.3 is 0 Å². The molecule has 0 radical (unpaired) electrons. The Labute approximate surface area is 143 Å². The number of methoxy groups -OCH3 is 2. The second-order valence-corrected chi connectivity index (χ2v) is 5.32. The lowest BCUT2D eigenvalue weighted by Crippen LogP contribution is -2.31. The average Bonchev–Trinajstić information content (AvgIpc) is 2.64. The van der Waals surface area contributed by atoms with E-state index in [1.165, 1.54) is 12.1 Å². The summed E-state index contributed by atoms with van der Waals surface area (Å²) in [6.07, 6.45) is 0. The normalized spacial score (nSPS) is 10.7. The lowest BCUT2D eigenvalue weighted by Gasteiger charge is -2.14. The molecule has 0 fully saturated rings. The van der Waals surface area contributed by atoms with E-state index in [9.17, 15) is 4.39 Å². The highest BCUT2D eigenvalue weighted by molar-refractivity contribution is 5.78. The number of hydrogen-bond donors (Lipinski definition) is 3. The van der Waals surface area contributed by atoms with Crippen molar-refractivity contribution in [1.82, 2.24) is 9.66 Å². The molecule has 7 nitrogen and oxygen atoms in total. The maximum atomic E-state index is 14.0. The summed E-state index contributed by atoms with van der Waals surface area (Å²) in [5, 5.41) is 11.5. The number of rotatable bonds is 5. The monoisotopic (exact) mass is 343 g/mol. The van der Waals surface area contributed by atoms with Crippen LogP contribution < -0.4 is 26.1 Å². The van der Waals surface area contributed by atoms with Gasteiger partial charge in [-0.3, -0.25) is 5.41 Å². The quantitative estimate of drug-likeness (QED) is 0.616. The lowest BCUT2D eigenvalue weighted by molar-refractivity contribution is 0.391. The van der Waals surface area contributed by atoms with E-state index >= 15 is 0 Å². The van der Waals surface area contributed by atoms with Crippen LogP contribution in [0.1, 0.15) is 5.56 Å². The smallest absolute Gasteiger partial charge is 0.224 e. The highest BCUT2D eigenvalue weighted by Gasteiger charge is 2.11. The predicted molar refractivity (Wildman–Crippen MR) is 92.6 cm³/mol. The Morgan fingerprint density at radius 3 is 2.76 bits per heavy atom. The minimum absolute atomic E-state index is 0.0336. The SMILES string of the molecule is COc1ccc(CNc2nc3c(F)cccc3c(=N)n2N)c(OC)c1. The van der Waals surface area contributed by atoms with Crippen molar-refractivity contribution < 1.29 is 13.9 Å². The number of nitrogen functional groups attached to an aromatic ring is 1. The summed E-state index contributed by atoms with van der Waals surface area (Å²) < 4.78 is 25.6. The molecule has 0 bridgehead atoms. The number of anilines is 1. The molecule has 2 aromatic carbocycles. The van der Waals surface area contributed by atoms with Gasteiger partial charge in [-0.2, -0.15) is 0 Å². The number of nitrogens with one attached hydrogen (secondary N) is 2. The van der Waals surface area contributed by atoms with Crippen molar-refractivity contribution in [3.8, 4) is 11.5 Å². The van der Waals surface area contributed by atoms with Gasteiger partial charge in [-0.15, -0.1) is 0 Å². The number of para-hydroxylation sites is 1. The van der Waals surface area contributed by atoms with Crippen LogP contribution in [0.5, 0.6) is 11.5 Å². The van der Waals surface area contributed by atoms with Crippen molar-refractivity contribution in [1.29, 1.82) is 5.41 Å². The van der Waals surface area contributed by atoms with Gasteiger partial charge in [0, 0.05) is 23.6 Å². The van der Waals surface area contributed by atoms with Crippen LogP contribution in [-0.4, -0.2) is 23.9 Å². The number of fused-ring (bicyclic) bond motifs is 1. The third kappa shape index (κ3) is 3.06. The molecular formula is C17H18FN5O2. The molecule has 1 heterocycles. The minimum Gasteiger partial charge on any atom is -0.497 e. The molecule has 25 heavy (non-hydrogen) atoms. The van der Waals surface area contributed by atoms with Crippen molar-refractivity contribution in [2.24, 2.45) is 0 Å². The summed E-state index contributed by atoms with van der Waals surface area (Å²) in [5.74, 6) is 6.90. The van der Waals surface area contributed by atoms with Crippen LogP contribution in [0.4, 0.5) is 10.3 Å². The minimum atomic E-state index is -0.503. The van der Waals surface area contributed by atoms with Gasteiger partial charge in [0.15, 0.2) is 5.49 Å². The fraction of sp³-hybridized carbons (Fsp3) is 0.176. The van der Waals surface area contributed by atoms with Crippen LogP contribution >= 0.6 is 0 Å². The van der Waals surface area contributed by atoms with Crippen LogP contribution in [0.3, 0.4) is 0 Å². The van der Waals surface area contributed by atoms with E-state index in [4.69, 9.17) is 20.7 Å². The van der Waals surface area contributed by atoms with Crippen LogP contribution in [0.2, 0.25) is 0 Å². The molecule has 0 aliphatic heterocycles. The first kappa shape index (κ1) is 16.6. The number of nitrogens with zero attached hydrogens (tertiary/aromatic N) is 2. The fourth-order valence-electron chi connectivity index (χ4n) is 2.51. The molecule has 130 valence electrons. The lowest BCUT2D eigenvalue weighted by atomic mass is 10.2. The topological polar surface area (TPSA) is 98.2 Å². The van der Waals surface area contributed by atoms with Gasteiger partial charge in [-0.1, -0.05) is 6.07 Å². The Balaban J connectivity index is 1.95. The van der Waals surface area contributed by atoms with Crippen LogP contribution in [0.25, 0.3) is 10.9 Å². The maximum absolute atomic E-state index is 14.0. The van der Waals surface area contributed by atoms with Gasteiger partial charge in [-0.05, 0) is 24.3 Å². The molecule has 3 aromatic rings. The molecule has 0 amide bonds. The molecule has 0 aliphatic carbocycles. The Kier molecular flexibility index (Phi) is 4.42. The van der Waals surface area contributed by atoms with E-state index in [0.29, 0.717) is 23.4 Å². The number of halogens is 1. The highest BCUT2D eigenvalue weighted by Crippen LogP contribution is 2.25. The molecular weight excluding hydrogens is 325 g/mol. The second kappa shape index (κ2) is 6.68. The van der Waals surface area contributed by atoms with Crippen molar-refractivity contribution >= 4 is 16.9 Å². The Morgan fingerprint density at radius 1 is 1.24 bits per heavy atom. The third-order valence-electron chi connectivity index (χ3n) is 3.86. The van der Waals surface area contributed by atoms with Crippen LogP contribution in [0, 0.1) is 11.2 Å². The zero-order valence-corrected chi connectivity index (χ0v) is 13.8. The van der Waals surface area contributed by atoms with E-state index in [0.717, 1.165) is 10.2 Å². The van der Waals surface area contributed by atoms with Gasteiger partial charge in [0.05, 0.1) is 14.2 Å². The molecule has 0 saturated carbocycles. The number of nitrogens with two attached hydrogens (primary N) is 1. The second-order valence-electron chi connectivity index (χ2n) is 5.32. The van der Waals surface area contributed by atoms with Gasteiger partial charge in [-0.25, -0.2) is 14.1 Å². The van der Waals surface area contributed by atoms with E-state index in [1.54, 1.807) is 32.4 Å². The fourth-order valence-corrected chi connectivity index (χ4v) is 2.51. The summed E-state index contributed by atoms with van der Waals surface area (Å²) in [6, 6.07) is 9.83. The van der Waals surface area contributed by atoms with Gasteiger partial charge < -0.3 is 20.6 Å². The third-order valence-corrected chi connectivity index (χ3v) is 3.86. The van der Waals surface area contributed by atoms with Crippen LogP contribution in [-0.2, 0) is 6.54 Å². The summed E-state index contributed by atoms with van der Waals surface area (Å²) in [7, 11) is 3.14. The molecule has 4 N–H and O–H groups in total. The Hall–Kier alpha value is -3.29. The van der Waals surface area contributed by atoms with Crippen molar-refractivity contribution in [2.45, 2.75) is 6.54 Å². The molecule has 3 rings (SSSR count). The van der Waals surface area contributed by atoms with E-state index in [2.05, 4.69) is 10.3 Å². The highest BCUT2D eigenvalue weighted by atomic mass is 19.1. The van der Waals surface area contributed by atoms with Gasteiger partial charge in [0.25, 0.3) is 0 Å². The van der Waals surface area contributed by atoms with E-state index in [-0.39, 0.29) is 17.0 Å². The van der Waals surface area contributed by atoms with Gasteiger partial charge in [0.1, 0.15) is 22.8 Å². The zero-order chi connectivity index (χ0) is 18.0. The summed E-state index contributed by atoms with van der Waals surface area (Å²) in [4.78, 5) is 4.21. The molecule has 0 saturated heterocycles. The number of aromatic nitrogens is 2. The molecule has 0 aliphatic rings. The van der Waals surface area contributed by atoms with Crippen molar-refractivity contribution in [2.75, 3.05) is 25.4 Å². The largest absolute Gasteiger partial charge is 0.497 e. The summed E-state index contributed by atoms with van der Waals surface area (Å²) in [5.41, 5.74) is 0.900. The molecule has 0 unspecified atom stereocenters. The number of ether oxygens (including phenoxy) is 2. The van der Waals surface area contributed by atoms with Crippen LogP contribution in [0.15, 0.2) is 36.4 Å². The van der Waals surface area contributed by atoms with E-state index in [1.807, 2.05) is 6.07 Å². The number of hydrogen-bond acceptors (Lipinski definition) is 6.